The summed E-state index contributed by atoms with van der Waals surface area (Å²) in [7, 11) is 4.20. The van der Waals surface area contributed by atoms with Crippen LogP contribution in [0.4, 0.5) is 11.4 Å². The van der Waals surface area contributed by atoms with E-state index in [1.54, 1.807) is 0 Å². The fourth-order valence-corrected chi connectivity index (χ4v) is 2.58. The molecule has 1 aromatic rings. The average Bonchev–Trinajstić information content (AvgIpc) is 2.60. The van der Waals surface area contributed by atoms with Crippen LogP contribution in [0.3, 0.4) is 0 Å². The lowest BCUT2D eigenvalue weighted by Gasteiger charge is -2.21. The van der Waals surface area contributed by atoms with Gasteiger partial charge in [0.15, 0.2) is 0 Å². The normalized spacial score (nSPS) is 20.3. The molecule has 0 saturated carbocycles. The van der Waals surface area contributed by atoms with E-state index >= 15 is 0 Å². The standard InChI is InChI=1S/C15H25N3/c1-12-6-7-14(11-15(12)18(2)3)17-13-5-4-9-16-10-8-13/h6-7,11,13,16-17H,4-5,8-10H2,1-3H3. The van der Waals surface area contributed by atoms with Gasteiger partial charge in [0, 0.05) is 31.5 Å². The maximum atomic E-state index is 3.68. The van der Waals surface area contributed by atoms with Crippen LogP contribution in [0, 0.1) is 6.92 Å². The Bertz CT molecular complexity index is 379. The quantitative estimate of drug-likeness (QED) is 0.860. The second-order valence-corrected chi connectivity index (χ2v) is 5.42. The minimum Gasteiger partial charge on any atom is -0.382 e. The monoisotopic (exact) mass is 247 g/mol. The smallest absolute Gasteiger partial charge is 0.0411 e. The van der Waals surface area contributed by atoms with Crippen LogP contribution in [0.15, 0.2) is 18.2 Å². The Morgan fingerprint density at radius 1 is 1.22 bits per heavy atom. The summed E-state index contributed by atoms with van der Waals surface area (Å²) in [6.45, 7) is 4.45. The van der Waals surface area contributed by atoms with Crippen LogP contribution >= 0.6 is 0 Å². The summed E-state index contributed by atoms with van der Waals surface area (Å²) in [5.41, 5.74) is 3.87. The Balaban J connectivity index is 2.06. The van der Waals surface area contributed by atoms with Gasteiger partial charge in [0.25, 0.3) is 0 Å². The zero-order valence-corrected chi connectivity index (χ0v) is 11.8. The number of nitrogens with one attached hydrogen (secondary N) is 2. The van der Waals surface area contributed by atoms with Crippen molar-refractivity contribution in [1.29, 1.82) is 0 Å². The number of benzene rings is 1. The summed E-state index contributed by atoms with van der Waals surface area (Å²) in [4.78, 5) is 2.18. The van der Waals surface area contributed by atoms with Crippen LogP contribution < -0.4 is 15.5 Å². The van der Waals surface area contributed by atoms with Gasteiger partial charge < -0.3 is 15.5 Å². The first-order valence-electron chi connectivity index (χ1n) is 6.92. The van der Waals surface area contributed by atoms with E-state index in [-0.39, 0.29) is 0 Å². The molecule has 0 aromatic heterocycles. The Morgan fingerprint density at radius 2 is 2.06 bits per heavy atom. The molecular weight excluding hydrogens is 222 g/mol. The van der Waals surface area contributed by atoms with Crippen LogP contribution in [-0.2, 0) is 0 Å². The van der Waals surface area contributed by atoms with Gasteiger partial charge in [-0.25, -0.2) is 0 Å². The zero-order chi connectivity index (χ0) is 13.0. The second kappa shape index (κ2) is 6.10. The van der Waals surface area contributed by atoms with Gasteiger partial charge >= 0.3 is 0 Å². The Labute approximate surface area is 111 Å². The molecule has 2 N–H and O–H groups in total. The summed E-state index contributed by atoms with van der Waals surface area (Å²) in [6, 6.07) is 7.26. The molecule has 2 rings (SSSR count). The van der Waals surface area contributed by atoms with E-state index in [1.807, 2.05) is 0 Å². The van der Waals surface area contributed by atoms with E-state index in [9.17, 15) is 0 Å². The third-order valence-electron chi connectivity index (χ3n) is 3.64. The molecule has 100 valence electrons. The first kappa shape index (κ1) is 13.2. The lowest BCUT2D eigenvalue weighted by atomic mass is 10.1. The van der Waals surface area contributed by atoms with Crippen molar-refractivity contribution in [3.63, 3.8) is 0 Å². The summed E-state index contributed by atoms with van der Waals surface area (Å²) < 4.78 is 0. The van der Waals surface area contributed by atoms with Gasteiger partial charge in [-0.2, -0.15) is 0 Å². The maximum absolute atomic E-state index is 3.68. The van der Waals surface area contributed by atoms with Crippen LogP contribution in [0.2, 0.25) is 0 Å². The van der Waals surface area contributed by atoms with E-state index in [2.05, 4.69) is 54.8 Å². The minimum absolute atomic E-state index is 0.609. The van der Waals surface area contributed by atoms with E-state index in [0.717, 1.165) is 13.1 Å². The van der Waals surface area contributed by atoms with E-state index in [0.29, 0.717) is 6.04 Å². The first-order valence-corrected chi connectivity index (χ1v) is 6.92. The Hall–Kier alpha value is -1.22. The molecule has 1 aliphatic rings. The van der Waals surface area contributed by atoms with Crippen LogP contribution in [0.25, 0.3) is 0 Å². The molecule has 1 aliphatic heterocycles. The molecule has 1 fully saturated rings. The Morgan fingerprint density at radius 3 is 2.83 bits per heavy atom. The second-order valence-electron chi connectivity index (χ2n) is 5.42. The van der Waals surface area contributed by atoms with Crippen LogP contribution in [0.1, 0.15) is 24.8 Å². The summed E-state index contributed by atoms with van der Waals surface area (Å²) in [6.07, 6.45) is 3.74. The summed E-state index contributed by atoms with van der Waals surface area (Å²) >= 11 is 0. The molecule has 3 nitrogen and oxygen atoms in total. The van der Waals surface area contributed by atoms with Crippen molar-refractivity contribution in [3.8, 4) is 0 Å². The molecule has 1 unspecified atom stereocenters. The number of hydrogen-bond acceptors (Lipinski definition) is 3. The molecule has 3 heteroatoms. The van der Waals surface area contributed by atoms with Crippen molar-refractivity contribution in [2.75, 3.05) is 37.4 Å². The van der Waals surface area contributed by atoms with E-state index < -0.39 is 0 Å². The average molecular weight is 247 g/mol. The van der Waals surface area contributed by atoms with Crippen molar-refractivity contribution in [1.82, 2.24) is 5.32 Å². The van der Waals surface area contributed by atoms with Gasteiger partial charge in [0.1, 0.15) is 0 Å². The van der Waals surface area contributed by atoms with Crippen molar-refractivity contribution in [2.24, 2.45) is 0 Å². The van der Waals surface area contributed by atoms with Crippen molar-refractivity contribution in [2.45, 2.75) is 32.2 Å². The number of anilines is 2. The largest absolute Gasteiger partial charge is 0.382 e. The van der Waals surface area contributed by atoms with Crippen molar-refractivity contribution >= 4 is 11.4 Å². The van der Waals surface area contributed by atoms with Gasteiger partial charge in [-0.1, -0.05) is 6.07 Å². The highest BCUT2D eigenvalue weighted by Crippen LogP contribution is 2.24. The SMILES string of the molecule is Cc1ccc(NC2CCCNCC2)cc1N(C)C. The third kappa shape index (κ3) is 3.39. The number of nitrogens with zero attached hydrogens (tertiary/aromatic N) is 1. The van der Waals surface area contributed by atoms with Gasteiger partial charge in [0.05, 0.1) is 0 Å². The van der Waals surface area contributed by atoms with Crippen LogP contribution in [0.5, 0.6) is 0 Å². The first-order chi connectivity index (χ1) is 8.66. The van der Waals surface area contributed by atoms with Crippen molar-refractivity contribution < 1.29 is 0 Å². The number of aryl methyl sites for hydroxylation is 1. The topological polar surface area (TPSA) is 27.3 Å². The minimum atomic E-state index is 0.609. The van der Waals surface area contributed by atoms with E-state index in [4.69, 9.17) is 0 Å². The lowest BCUT2D eigenvalue weighted by molar-refractivity contribution is 0.637. The molecular formula is C15H25N3. The predicted molar refractivity (Wildman–Crippen MR) is 79.6 cm³/mol. The van der Waals surface area contributed by atoms with E-state index in [1.165, 1.54) is 36.2 Å². The van der Waals surface area contributed by atoms with Gasteiger partial charge in [-0.15, -0.1) is 0 Å². The molecule has 18 heavy (non-hydrogen) atoms. The van der Waals surface area contributed by atoms with Gasteiger partial charge in [-0.3, -0.25) is 0 Å². The van der Waals surface area contributed by atoms with Crippen molar-refractivity contribution in [3.05, 3.63) is 23.8 Å². The molecule has 1 atom stereocenters. The summed E-state index contributed by atoms with van der Waals surface area (Å²) in [5, 5.41) is 7.13. The zero-order valence-electron chi connectivity index (χ0n) is 11.8. The maximum Gasteiger partial charge on any atom is 0.0411 e. The fourth-order valence-electron chi connectivity index (χ4n) is 2.58. The molecule has 0 spiro atoms. The van der Waals surface area contributed by atoms with Gasteiger partial charge in [-0.05, 0) is 57.0 Å². The third-order valence-corrected chi connectivity index (χ3v) is 3.64. The molecule has 0 aliphatic carbocycles. The summed E-state index contributed by atoms with van der Waals surface area (Å²) in [5.74, 6) is 0. The molecule has 1 heterocycles. The highest BCUT2D eigenvalue weighted by atomic mass is 15.1. The molecule has 0 amide bonds. The molecule has 0 bridgehead atoms. The van der Waals surface area contributed by atoms with Crippen LogP contribution in [-0.4, -0.2) is 33.2 Å². The predicted octanol–water partition coefficient (Wildman–Crippen LogP) is 2.62. The molecule has 1 aromatic carbocycles. The highest BCUT2D eigenvalue weighted by Gasteiger charge is 2.12. The number of hydrogen-bond donors (Lipinski definition) is 2. The lowest BCUT2D eigenvalue weighted by Crippen LogP contribution is -2.21. The molecule has 1 saturated heterocycles. The fraction of sp³-hybridized carbons (Fsp3) is 0.600. The van der Waals surface area contributed by atoms with Gasteiger partial charge in [0.2, 0.25) is 0 Å². The Kier molecular flexibility index (Phi) is 4.48. The number of rotatable bonds is 3. The highest BCUT2D eigenvalue weighted by molar-refractivity contribution is 5.62. The molecule has 0 radical (unpaired) electrons.